The molecule has 0 aromatic rings. The van der Waals surface area contributed by atoms with Gasteiger partial charge in [-0.3, -0.25) is 9.59 Å². The van der Waals surface area contributed by atoms with Crippen LogP contribution in [-0.2, 0) is 14.3 Å². The number of ether oxygens (including phenoxy) is 1. The van der Waals surface area contributed by atoms with E-state index in [0.717, 1.165) is 18.4 Å². The van der Waals surface area contributed by atoms with Crippen LogP contribution in [0, 0.1) is 11.8 Å². The zero-order valence-corrected chi connectivity index (χ0v) is 12.4. The minimum atomic E-state index is -0.209. The predicted octanol–water partition coefficient (Wildman–Crippen LogP) is 3.67. The van der Waals surface area contributed by atoms with Gasteiger partial charge in [0.1, 0.15) is 0 Å². The Morgan fingerprint density at radius 1 is 1.32 bits per heavy atom. The van der Waals surface area contributed by atoms with Crippen molar-refractivity contribution < 1.29 is 14.3 Å². The van der Waals surface area contributed by atoms with Gasteiger partial charge in [-0.15, -0.1) is 0 Å². The van der Waals surface area contributed by atoms with Crippen molar-refractivity contribution in [3.05, 3.63) is 11.6 Å². The molecule has 0 aliphatic heterocycles. The van der Waals surface area contributed by atoms with Crippen LogP contribution >= 0.6 is 0 Å². The molecule has 0 aromatic heterocycles. The van der Waals surface area contributed by atoms with E-state index in [-0.39, 0.29) is 23.6 Å². The van der Waals surface area contributed by atoms with Crippen LogP contribution in [0.25, 0.3) is 0 Å². The third-order valence-electron chi connectivity index (χ3n) is 3.78. The van der Waals surface area contributed by atoms with Gasteiger partial charge >= 0.3 is 5.97 Å². The number of carbonyl (C=O) groups excluding carboxylic acids is 2. The lowest BCUT2D eigenvalue weighted by Gasteiger charge is -2.29. The Labute approximate surface area is 116 Å². The number of carbonyl (C=O) groups is 2. The quantitative estimate of drug-likeness (QED) is 0.521. The zero-order valence-electron chi connectivity index (χ0n) is 12.4. The number of esters is 1. The molecule has 108 valence electrons. The first-order chi connectivity index (χ1) is 9.10. The highest BCUT2D eigenvalue weighted by atomic mass is 16.5. The topological polar surface area (TPSA) is 43.4 Å². The van der Waals surface area contributed by atoms with Crippen molar-refractivity contribution in [1.82, 2.24) is 0 Å². The maximum absolute atomic E-state index is 12.0. The molecule has 1 aliphatic rings. The molecule has 0 bridgehead atoms. The van der Waals surface area contributed by atoms with Gasteiger partial charge in [0.05, 0.1) is 12.5 Å². The molecule has 0 N–H and O–H groups in total. The summed E-state index contributed by atoms with van der Waals surface area (Å²) in [5.41, 5.74) is 0.871. The van der Waals surface area contributed by atoms with Crippen LogP contribution < -0.4 is 0 Å². The smallest absolute Gasteiger partial charge is 0.313 e. The van der Waals surface area contributed by atoms with Gasteiger partial charge in [0.25, 0.3) is 0 Å². The summed E-state index contributed by atoms with van der Waals surface area (Å²) in [5.74, 6) is -0.0875. The molecule has 0 aromatic carbocycles. The third-order valence-corrected chi connectivity index (χ3v) is 3.78. The van der Waals surface area contributed by atoms with Gasteiger partial charge in [0.15, 0.2) is 5.78 Å². The highest BCUT2D eigenvalue weighted by Gasteiger charge is 2.35. The van der Waals surface area contributed by atoms with Crippen LogP contribution in [0.2, 0.25) is 0 Å². The van der Waals surface area contributed by atoms with E-state index in [1.54, 1.807) is 6.08 Å². The molecule has 19 heavy (non-hydrogen) atoms. The van der Waals surface area contributed by atoms with Crippen molar-refractivity contribution in [3.8, 4) is 0 Å². The van der Waals surface area contributed by atoms with Gasteiger partial charge < -0.3 is 4.74 Å². The first-order valence-corrected chi connectivity index (χ1v) is 7.47. The number of allylic oxidation sites excluding steroid dienone is 1. The van der Waals surface area contributed by atoms with E-state index in [4.69, 9.17) is 4.74 Å². The second-order valence-corrected chi connectivity index (χ2v) is 5.40. The van der Waals surface area contributed by atoms with Gasteiger partial charge in [-0.05, 0) is 32.3 Å². The molecule has 3 nitrogen and oxygen atoms in total. The summed E-state index contributed by atoms with van der Waals surface area (Å²) in [4.78, 5) is 23.7. The van der Waals surface area contributed by atoms with Crippen molar-refractivity contribution in [2.75, 3.05) is 6.61 Å². The normalized spacial score (nSPS) is 23.1. The summed E-state index contributed by atoms with van der Waals surface area (Å²) in [5, 5.41) is 0. The Morgan fingerprint density at radius 2 is 2.05 bits per heavy atom. The fourth-order valence-electron chi connectivity index (χ4n) is 2.86. The summed E-state index contributed by atoms with van der Waals surface area (Å²) >= 11 is 0. The molecule has 0 radical (unpaired) electrons. The lowest BCUT2D eigenvalue weighted by atomic mass is 9.76. The van der Waals surface area contributed by atoms with Gasteiger partial charge in [-0.2, -0.15) is 0 Å². The number of ketones is 1. The van der Waals surface area contributed by atoms with E-state index in [0.29, 0.717) is 13.0 Å². The largest absolute Gasteiger partial charge is 0.466 e. The minimum absolute atomic E-state index is 0.133. The lowest BCUT2D eigenvalue weighted by Crippen LogP contribution is -2.32. The average molecular weight is 266 g/mol. The fourth-order valence-corrected chi connectivity index (χ4v) is 2.86. The number of unbranched alkanes of at least 4 members (excludes halogenated alkanes) is 3. The third kappa shape index (κ3) is 4.81. The maximum atomic E-state index is 12.0. The first kappa shape index (κ1) is 15.9. The first-order valence-electron chi connectivity index (χ1n) is 7.47. The van der Waals surface area contributed by atoms with Gasteiger partial charge in [-0.25, -0.2) is 0 Å². The molecule has 0 fully saturated rings. The Kier molecular flexibility index (Phi) is 6.82. The Bertz CT molecular complexity index is 344. The molecule has 0 spiro atoms. The molecular formula is C16H26O3. The van der Waals surface area contributed by atoms with E-state index >= 15 is 0 Å². The summed E-state index contributed by atoms with van der Waals surface area (Å²) in [6, 6.07) is 0. The average Bonchev–Trinajstić information content (AvgIpc) is 2.34. The molecule has 0 saturated heterocycles. The highest BCUT2D eigenvalue weighted by Crippen LogP contribution is 2.33. The second kappa shape index (κ2) is 8.13. The zero-order chi connectivity index (χ0) is 14.3. The lowest BCUT2D eigenvalue weighted by molar-refractivity contribution is -0.149. The SMILES string of the molecule is CCCCCC[C@H]1CC(=O)C=C(C)[C@@H]1C(=O)OCC. The summed E-state index contributed by atoms with van der Waals surface area (Å²) in [6.45, 7) is 6.27. The van der Waals surface area contributed by atoms with Crippen LogP contribution in [-0.4, -0.2) is 18.4 Å². The summed E-state index contributed by atoms with van der Waals surface area (Å²) < 4.78 is 5.15. The van der Waals surface area contributed by atoms with Crippen molar-refractivity contribution in [1.29, 1.82) is 0 Å². The van der Waals surface area contributed by atoms with Crippen molar-refractivity contribution in [2.45, 2.75) is 59.3 Å². The number of hydrogen-bond donors (Lipinski definition) is 0. The molecule has 2 atom stereocenters. The number of rotatable bonds is 7. The molecule has 0 amide bonds. The van der Waals surface area contributed by atoms with E-state index in [9.17, 15) is 9.59 Å². The standard InChI is InChI=1S/C16H26O3/c1-4-6-7-8-9-13-11-14(17)10-12(3)15(13)16(18)19-5-2/h10,13,15H,4-9,11H2,1-3H3/t13-,15-/m0/s1. The van der Waals surface area contributed by atoms with Crippen molar-refractivity contribution in [2.24, 2.45) is 11.8 Å². The van der Waals surface area contributed by atoms with Crippen molar-refractivity contribution in [3.63, 3.8) is 0 Å². The predicted molar refractivity (Wildman–Crippen MR) is 75.8 cm³/mol. The van der Waals surface area contributed by atoms with E-state index in [1.165, 1.54) is 19.3 Å². The summed E-state index contributed by atoms with van der Waals surface area (Å²) in [7, 11) is 0. The van der Waals surface area contributed by atoms with E-state index < -0.39 is 0 Å². The van der Waals surface area contributed by atoms with Crippen LogP contribution in [0.4, 0.5) is 0 Å². The fraction of sp³-hybridized carbons (Fsp3) is 0.750. The van der Waals surface area contributed by atoms with E-state index in [2.05, 4.69) is 6.92 Å². The molecule has 0 unspecified atom stereocenters. The molecular weight excluding hydrogens is 240 g/mol. The Balaban J connectivity index is 2.66. The molecule has 0 saturated carbocycles. The second-order valence-electron chi connectivity index (χ2n) is 5.40. The molecule has 0 heterocycles. The number of hydrogen-bond acceptors (Lipinski definition) is 3. The van der Waals surface area contributed by atoms with Crippen LogP contribution in [0.15, 0.2) is 11.6 Å². The van der Waals surface area contributed by atoms with Gasteiger partial charge in [-0.1, -0.05) is 38.2 Å². The highest BCUT2D eigenvalue weighted by molar-refractivity contribution is 5.94. The molecule has 3 heteroatoms. The molecule has 1 rings (SSSR count). The minimum Gasteiger partial charge on any atom is -0.466 e. The Hall–Kier alpha value is -1.12. The Morgan fingerprint density at radius 3 is 2.68 bits per heavy atom. The van der Waals surface area contributed by atoms with Crippen LogP contribution in [0.1, 0.15) is 59.3 Å². The summed E-state index contributed by atoms with van der Waals surface area (Å²) in [6.07, 6.45) is 7.75. The van der Waals surface area contributed by atoms with Crippen LogP contribution in [0.3, 0.4) is 0 Å². The van der Waals surface area contributed by atoms with Gasteiger partial charge in [0.2, 0.25) is 0 Å². The van der Waals surface area contributed by atoms with Crippen LogP contribution in [0.5, 0.6) is 0 Å². The van der Waals surface area contributed by atoms with E-state index in [1.807, 2.05) is 13.8 Å². The van der Waals surface area contributed by atoms with Gasteiger partial charge in [0, 0.05) is 6.42 Å². The maximum Gasteiger partial charge on any atom is 0.313 e. The molecule has 1 aliphatic carbocycles. The van der Waals surface area contributed by atoms with Crippen molar-refractivity contribution >= 4 is 11.8 Å². The monoisotopic (exact) mass is 266 g/mol.